The molecule has 0 radical (unpaired) electrons. The Balaban J connectivity index is 1.52. The number of benzene rings is 4. The summed E-state index contributed by atoms with van der Waals surface area (Å²) in [5, 5.41) is 3.53. The molecule has 160 valence electrons. The van der Waals surface area contributed by atoms with E-state index in [1.165, 1.54) is 0 Å². The van der Waals surface area contributed by atoms with E-state index < -0.39 is 10.0 Å². The highest BCUT2D eigenvalue weighted by atomic mass is 35.5. The molecule has 1 aromatic heterocycles. The molecule has 1 atom stereocenters. The first-order chi connectivity index (χ1) is 15.5. The molecular formula is C26H21ClN2O2S. The highest BCUT2D eigenvalue weighted by Gasteiger charge is 2.23. The Hall–Kier alpha value is -3.12. The van der Waals surface area contributed by atoms with E-state index in [1.54, 1.807) is 12.1 Å². The van der Waals surface area contributed by atoms with Gasteiger partial charge in [0.2, 0.25) is 10.0 Å². The maximum atomic E-state index is 13.2. The van der Waals surface area contributed by atoms with Crippen LogP contribution in [-0.4, -0.2) is 19.9 Å². The number of aromatic amines is 1. The lowest BCUT2D eigenvalue weighted by Gasteiger charge is -2.19. The molecule has 1 heterocycles. The van der Waals surface area contributed by atoms with Crippen LogP contribution in [0.1, 0.15) is 17.0 Å². The molecule has 0 unspecified atom stereocenters. The van der Waals surface area contributed by atoms with Crippen molar-refractivity contribution >= 4 is 43.3 Å². The zero-order valence-electron chi connectivity index (χ0n) is 17.1. The van der Waals surface area contributed by atoms with E-state index in [4.69, 9.17) is 11.6 Å². The molecule has 0 fully saturated rings. The number of halogens is 1. The van der Waals surface area contributed by atoms with Crippen LogP contribution in [0.2, 0.25) is 5.02 Å². The molecule has 4 nitrogen and oxygen atoms in total. The average Bonchev–Trinajstić information content (AvgIpc) is 3.24. The first-order valence-corrected chi connectivity index (χ1v) is 12.2. The van der Waals surface area contributed by atoms with Crippen LogP contribution < -0.4 is 4.72 Å². The fourth-order valence-corrected chi connectivity index (χ4v) is 5.49. The molecule has 6 heteroatoms. The Morgan fingerprint density at radius 1 is 0.812 bits per heavy atom. The van der Waals surface area contributed by atoms with Gasteiger partial charge < -0.3 is 4.98 Å². The minimum atomic E-state index is -3.72. The molecule has 0 aliphatic rings. The van der Waals surface area contributed by atoms with E-state index in [-0.39, 0.29) is 17.4 Å². The van der Waals surface area contributed by atoms with Crippen molar-refractivity contribution < 1.29 is 8.42 Å². The third-order valence-electron chi connectivity index (χ3n) is 5.79. The molecule has 32 heavy (non-hydrogen) atoms. The lowest BCUT2D eigenvalue weighted by molar-refractivity contribution is 0.578. The van der Waals surface area contributed by atoms with Gasteiger partial charge in [0.15, 0.2) is 0 Å². The molecule has 0 saturated heterocycles. The minimum Gasteiger partial charge on any atom is -0.361 e. The summed E-state index contributed by atoms with van der Waals surface area (Å²) in [7, 11) is -3.72. The summed E-state index contributed by atoms with van der Waals surface area (Å²) in [6, 6.07) is 28.4. The number of nitrogens with one attached hydrogen (secondary N) is 2. The zero-order valence-corrected chi connectivity index (χ0v) is 18.7. The summed E-state index contributed by atoms with van der Waals surface area (Å²) in [5.41, 5.74) is 2.87. The SMILES string of the molecule is O=S(=O)(NC[C@@H](c1ccccc1Cl)c1c[nH]c2ccccc12)c1ccc2ccccc2c1. The van der Waals surface area contributed by atoms with Crippen molar-refractivity contribution in [1.29, 1.82) is 0 Å². The first kappa shape index (κ1) is 20.8. The highest BCUT2D eigenvalue weighted by molar-refractivity contribution is 7.89. The van der Waals surface area contributed by atoms with Gasteiger partial charge in [-0.25, -0.2) is 13.1 Å². The summed E-state index contributed by atoms with van der Waals surface area (Å²) in [4.78, 5) is 3.53. The van der Waals surface area contributed by atoms with Crippen molar-refractivity contribution in [2.24, 2.45) is 0 Å². The number of sulfonamides is 1. The monoisotopic (exact) mass is 460 g/mol. The predicted octanol–water partition coefficient (Wildman–Crippen LogP) is 6.08. The molecule has 4 aromatic carbocycles. The minimum absolute atomic E-state index is 0.181. The number of para-hydroxylation sites is 1. The van der Waals surface area contributed by atoms with Crippen LogP contribution >= 0.6 is 11.6 Å². The smallest absolute Gasteiger partial charge is 0.240 e. The normalized spacial score (nSPS) is 12.9. The predicted molar refractivity (Wildman–Crippen MR) is 131 cm³/mol. The van der Waals surface area contributed by atoms with Gasteiger partial charge in [0.05, 0.1) is 4.90 Å². The van der Waals surface area contributed by atoms with E-state index in [1.807, 2.05) is 85.1 Å². The number of fused-ring (bicyclic) bond motifs is 2. The van der Waals surface area contributed by atoms with Crippen molar-refractivity contribution in [2.75, 3.05) is 6.54 Å². The van der Waals surface area contributed by atoms with E-state index in [2.05, 4.69) is 9.71 Å². The van der Waals surface area contributed by atoms with Gasteiger partial charge in [-0.15, -0.1) is 0 Å². The van der Waals surface area contributed by atoms with Crippen LogP contribution in [0, 0.1) is 0 Å². The van der Waals surface area contributed by atoms with Gasteiger partial charge in [-0.2, -0.15) is 0 Å². The van der Waals surface area contributed by atoms with E-state index in [0.29, 0.717) is 5.02 Å². The van der Waals surface area contributed by atoms with Gasteiger partial charge in [-0.3, -0.25) is 0 Å². The Labute approximate surface area is 191 Å². The van der Waals surface area contributed by atoms with Crippen molar-refractivity contribution in [2.45, 2.75) is 10.8 Å². The summed E-state index contributed by atoms with van der Waals surface area (Å²) in [6.07, 6.45) is 1.93. The molecule has 0 saturated carbocycles. The molecule has 0 aliphatic heterocycles. The largest absolute Gasteiger partial charge is 0.361 e. The third-order valence-corrected chi connectivity index (χ3v) is 7.55. The van der Waals surface area contributed by atoms with E-state index in [9.17, 15) is 8.42 Å². The summed E-state index contributed by atoms with van der Waals surface area (Å²) in [6.45, 7) is 0.181. The maximum Gasteiger partial charge on any atom is 0.240 e. The Kier molecular flexibility index (Phi) is 5.47. The summed E-state index contributed by atoms with van der Waals surface area (Å²) >= 11 is 6.53. The number of aromatic nitrogens is 1. The second-order valence-electron chi connectivity index (χ2n) is 7.72. The van der Waals surface area contributed by atoms with Gasteiger partial charge in [0, 0.05) is 34.6 Å². The molecule has 2 N–H and O–H groups in total. The van der Waals surface area contributed by atoms with Crippen LogP contribution in [0.25, 0.3) is 21.7 Å². The third kappa shape index (κ3) is 3.91. The van der Waals surface area contributed by atoms with Gasteiger partial charge in [-0.05, 0) is 46.2 Å². The second-order valence-corrected chi connectivity index (χ2v) is 9.90. The van der Waals surface area contributed by atoms with Crippen molar-refractivity contribution in [3.8, 4) is 0 Å². The lowest BCUT2D eigenvalue weighted by Crippen LogP contribution is -2.29. The number of hydrogen-bond donors (Lipinski definition) is 2. The topological polar surface area (TPSA) is 62.0 Å². The average molecular weight is 461 g/mol. The van der Waals surface area contributed by atoms with Crippen LogP contribution in [0.15, 0.2) is 102 Å². The van der Waals surface area contributed by atoms with E-state index >= 15 is 0 Å². The van der Waals surface area contributed by atoms with Crippen LogP contribution in [0.5, 0.6) is 0 Å². The zero-order chi connectivity index (χ0) is 22.1. The standard InChI is InChI=1S/C26H21ClN2O2S/c27-25-11-5-3-9-21(25)24(23-16-28-26-12-6-4-10-22(23)26)17-29-32(30,31)20-14-13-18-7-1-2-8-19(18)15-20/h1-16,24,28-29H,17H2/t24-/m0/s1. The second kappa shape index (κ2) is 8.43. The quantitative estimate of drug-likeness (QED) is 0.322. The molecule has 5 aromatic rings. The molecule has 0 aliphatic carbocycles. The lowest BCUT2D eigenvalue weighted by atomic mass is 9.91. The Morgan fingerprint density at radius 3 is 2.38 bits per heavy atom. The van der Waals surface area contributed by atoms with Gasteiger partial charge >= 0.3 is 0 Å². The van der Waals surface area contributed by atoms with Gasteiger partial charge in [-0.1, -0.05) is 78.3 Å². The fourth-order valence-electron chi connectivity index (χ4n) is 4.14. The summed E-state index contributed by atoms with van der Waals surface area (Å²) < 4.78 is 29.2. The molecule has 0 amide bonds. The molecule has 0 spiro atoms. The summed E-state index contributed by atoms with van der Waals surface area (Å²) in [5.74, 6) is -0.255. The van der Waals surface area contributed by atoms with Crippen LogP contribution in [0.3, 0.4) is 0 Å². The van der Waals surface area contributed by atoms with Crippen molar-refractivity contribution in [3.63, 3.8) is 0 Å². The first-order valence-electron chi connectivity index (χ1n) is 10.3. The highest BCUT2D eigenvalue weighted by Crippen LogP contribution is 2.34. The van der Waals surface area contributed by atoms with Crippen molar-refractivity contribution in [1.82, 2.24) is 9.71 Å². The Morgan fingerprint density at radius 2 is 1.53 bits per heavy atom. The molecular weight excluding hydrogens is 440 g/mol. The molecule has 5 rings (SSSR count). The van der Waals surface area contributed by atoms with Crippen molar-refractivity contribution in [3.05, 3.63) is 113 Å². The number of hydrogen-bond acceptors (Lipinski definition) is 2. The van der Waals surface area contributed by atoms with Crippen LogP contribution in [0.4, 0.5) is 0 Å². The van der Waals surface area contributed by atoms with Gasteiger partial charge in [0.25, 0.3) is 0 Å². The van der Waals surface area contributed by atoms with Gasteiger partial charge in [0.1, 0.15) is 0 Å². The van der Waals surface area contributed by atoms with E-state index in [0.717, 1.165) is 32.8 Å². The maximum absolute atomic E-state index is 13.2. The Bertz CT molecular complexity index is 1530. The van der Waals surface area contributed by atoms with Crippen LogP contribution in [-0.2, 0) is 10.0 Å². The molecule has 0 bridgehead atoms. The fraction of sp³-hybridized carbons (Fsp3) is 0.0769. The number of rotatable bonds is 6. The number of H-pyrrole nitrogens is 1.